The molecule has 3 aromatic rings. The first kappa shape index (κ1) is 19.7. The Balaban J connectivity index is 1.63. The van der Waals surface area contributed by atoms with Crippen LogP contribution in [0.5, 0.6) is 11.5 Å². The lowest BCUT2D eigenvalue weighted by atomic mass is 10.1. The third-order valence-electron chi connectivity index (χ3n) is 4.71. The molecule has 8 heteroatoms. The highest BCUT2D eigenvalue weighted by Gasteiger charge is 2.32. The van der Waals surface area contributed by atoms with Gasteiger partial charge in [0.2, 0.25) is 0 Å². The number of thiocarbonyl (C=S) groups is 1. The topological polar surface area (TPSA) is 68.6 Å². The molecule has 1 saturated heterocycles. The van der Waals surface area contributed by atoms with Gasteiger partial charge in [0.15, 0.2) is 5.11 Å². The van der Waals surface area contributed by atoms with Crippen molar-refractivity contribution in [3.05, 3.63) is 71.9 Å². The van der Waals surface area contributed by atoms with E-state index in [9.17, 15) is 4.79 Å². The molecule has 0 unspecified atom stereocenters. The number of hydrogen-bond acceptors (Lipinski definition) is 5. The van der Waals surface area contributed by atoms with E-state index in [2.05, 4.69) is 10.3 Å². The van der Waals surface area contributed by atoms with Gasteiger partial charge >= 0.3 is 0 Å². The van der Waals surface area contributed by atoms with Crippen molar-refractivity contribution in [2.75, 3.05) is 19.1 Å². The van der Waals surface area contributed by atoms with Gasteiger partial charge in [-0.25, -0.2) is 4.98 Å². The molecule has 0 bridgehead atoms. The number of benzene rings is 2. The van der Waals surface area contributed by atoms with E-state index >= 15 is 0 Å². The molecule has 1 amide bonds. The summed E-state index contributed by atoms with van der Waals surface area (Å²) in [7, 11) is 3.20. The zero-order valence-corrected chi connectivity index (χ0v) is 17.6. The molecular weight excluding hydrogens is 400 g/mol. The van der Waals surface area contributed by atoms with Crippen LogP contribution in [0.4, 0.5) is 5.69 Å². The molecule has 152 valence electrons. The number of methoxy groups -OCH3 is 2. The third kappa shape index (κ3) is 3.65. The van der Waals surface area contributed by atoms with Crippen LogP contribution in [0.25, 0.3) is 11.8 Å². The van der Waals surface area contributed by atoms with Crippen LogP contribution in [0.3, 0.4) is 0 Å². The highest BCUT2D eigenvalue weighted by atomic mass is 32.1. The first-order valence-electron chi connectivity index (χ1n) is 9.20. The zero-order valence-electron chi connectivity index (χ0n) is 16.7. The zero-order chi connectivity index (χ0) is 21.3. The van der Waals surface area contributed by atoms with Crippen LogP contribution in [0.15, 0.2) is 60.7 Å². The van der Waals surface area contributed by atoms with Gasteiger partial charge in [0, 0.05) is 6.20 Å². The molecule has 0 saturated carbocycles. The van der Waals surface area contributed by atoms with E-state index in [-0.39, 0.29) is 5.91 Å². The Morgan fingerprint density at radius 2 is 1.87 bits per heavy atom. The van der Waals surface area contributed by atoms with Crippen LogP contribution in [-0.4, -0.2) is 34.8 Å². The van der Waals surface area contributed by atoms with Gasteiger partial charge in [-0.2, -0.15) is 0 Å². The quantitative estimate of drug-likeness (QED) is 0.504. The summed E-state index contributed by atoms with van der Waals surface area (Å²) in [5, 5.41) is 3.33. The number of aryl methyl sites for hydroxylation is 1. The van der Waals surface area contributed by atoms with Gasteiger partial charge < -0.3 is 19.4 Å². The molecule has 7 nitrogen and oxygen atoms in total. The lowest BCUT2D eigenvalue weighted by Crippen LogP contribution is -2.30. The predicted molar refractivity (Wildman–Crippen MR) is 119 cm³/mol. The smallest absolute Gasteiger partial charge is 0.281 e. The fourth-order valence-electron chi connectivity index (χ4n) is 3.22. The summed E-state index contributed by atoms with van der Waals surface area (Å²) in [6, 6.07) is 12.9. The second kappa shape index (κ2) is 8.00. The van der Waals surface area contributed by atoms with E-state index in [1.165, 1.54) is 4.90 Å². The van der Waals surface area contributed by atoms with Crippen molar-refractivity contribution in [3.8, 4) is 17.2 Å². The van der Waals surface area contributed by atoms with E-state index in [1.54, 1.807) is 50.9 Å². The normalized spacial score (nSPS) is 14.9. The van der Waals surface area contributed by atoms with Crippen molar-refractivity contribution in [3.63, 3.8) is 0 Å². The van der Waals surface area contributed by atoms with Crippen LogP contribution >= 0.6 is 12.2 Å². The SMILES string of the molecule is COc1ccc(N2C(=O)C(=Cc3ccc(-n4cnc(C)c4)c(OC)c3)NC2=S)cc1. The molecule has 1 aliphatic rings. The van der Waals surface area contributed by atoms with Crippen LogP contribution in [-0.2, 0) is 4.79 Å². The Morgan fingerprint density at radius 1 is 1.10 bits per heavy atom. The van der Waals surface area contributed by atoms with Gasteiger partial charge in [0.05, 0.1) is 37.6 Å². The van der Waals surface area contributed by atoms with Crippen LogP contribution in [0.2, 0.25) is 0 Å². The van der Waals surface area contributed by atoms with E-state index < -0.39 is 0 Å². The first-order valence-corrected chi connectivity index (χ1v) is 9.61. The van der Waals surface area contributed by atoms with E-state index in [1.807, 2.05) is 35.9 Å². The second-order valence-electron chi connectivity index (χ2n) is 6.68. The minimum absolute atomic E-state index is 0.224. The van der Waals surface area contributed by atoms with Gasteiger partial charge in [-0.05, 0) is 67.2 Å². The number of imidazole rings is 1. The number of hydrogen-bond donors (Lipinski definition) is 1. The minimum atomic E-state index is -0.224. The maximum Gasteiger partial charge on any atom is 0.281 e. The summed E-state index contributed by atoms with van der Waals surface area (Å²) in [6.45, 7) is 1.93. The molecule has 0 spiro atoms. The summed E-state index contributed by atoms with van der Waals surface area (Å²) < 4.78 is 12.6. The van der Waals surface area contributed by atoms with Crippen molar-refractivity contribution in [2.45, 2.75) is 6.92 Å². The lowest BCUT2D eigenvalue weighted by molar-refractivity contribution is -0.113. The summed E-state index contributed by atoms with van der Waals surface area (Å²) in [6.07, 6.45) is 5.41. The summed E-state index contributed by atoms with van der Waals surface area (Å²) in [5.41, 5.74) is 3.65. The molecule has 0 aliphatic carbocycles. The fraction of sp³-hybridized carbons (Fsp3) is 0.136. The van der Waals surface area contributed by atoms with Crippen molar-refractivity contribution < 1.29 is 14.3 Å². The average Bonchev–Trinajstić information content (AvgIpc) is 3.30. The predicted octanol–water partition coefficient (Wildman–Crippen LogP) is 3.46. The number of carbonyl (C=O) groups excluding carboxylic acids is 1. The summed E-state index contributed by atoms with van der Waals surface area (Å²) in [4.78, 5) is 18.7. The fourth-order valence-corrected chi connectivity index (χ4v) is 3.52. The van der Waals surface area contributed by atoms with Gasteiger partial charge in [-0.15, -0.1) is 0 Å². The second-order valence-corrected chi connectivity index (χ2v) is 7.07. The molecule has 1 N–H and O–H groups in total. The van der Waals surface area contributed by atoms with Crippen molar-refractivity contribution in [1.82, 2.24) is 14.9 Å². The number of anilines is 1. The average molecular weight is 420 g/mol. The third-order valence-corrected chi connectivity index (χ3v) is 5.00. The number of carbonyl (C=O) groups is 1. The molecular formula is C22H20N4O3S. The van der Waals surface area contributed by atoms with Crippen molar-refractivity contribution in [1.29, 1.82) is 0 Å². The van der Waals surface area contributed by atoms with Crippen LogP contribution in [0, 0.1) is 6.92 Å². The number of nitrogens with zero attached hydrogens (tertiary/aromatic N) is 3. The molecule has 0 atom stereocenters. The van der Waals surface area contributed by atoms with Crippen molar-refractivity contribution >= 4 is 35.0 Å². The largest absolute Gasteiger partial charge is 0.497 e. The van der Waals surface area contributed by atoms with E-state index in [4.69, 9.17) is 21.7 Å². The maximum absolute atomic E-state index is 13.0. The molecule has 1 aliphatic heterocycles. The number of amides is 1. The molecule has 2 aromatic carbocycles. The highest BCUT2D eigenvalue weighted by molar-refractivity contribution is 7.80. The number of nitrogens with one attached hydrogen (secondary N) is 1. The van der Waals surface area contributed by atoms with E-state index in [0.29, 0.717) is 28.0 Å². The number of aromatic nitrogens is 2. The Labute approximate surface area is 179 Å². The minimum Gasteiger partial charge on any atom is -0.497 e. The Bertz CT molecular complexity index is 1150. The summed E-state index contributed by atoms with van der Waals surface area (Å²) in [5.74, 6) is 1.15. The molecule has 4 rings (SSSR count). The molecule has 1 fully saturated rings. The molecule has 0 radical (unpaired) electrons. The lowest BCUT2D eigenvalue weighted by Gasteiger charge is -2.14. The molecule has 1 aromatic heterocycles. The highest BCUT2D eigenvalue weighted by Crippen LogP contribution is 2.28. The number of ether oxygens (including phenoxy) is 2. The van der Waals surface area contributed by atoms with Gasteiger partial charge in [0.25, 0.3) is 5.91 Å². The van der Waals surface area contributed by atoms with Gasteiger partial charge in [0.1, 0.15) is 17.2 Å². The number of rotatable bonds is 5. The van der Waals surface area contributed by atoms with E-state index in [0.717, 1.165) is 16.9 Å². The monoisotopic (exact) mass is 420 g/mol. The van der Waals surface area contributed by atoms with Gasteiger partial charge in [-0.1, -0.05) is 6.07 Å². The first-order chi connectivity index (χ1) is 14.5. The Morgan fingerprint density at radius 3 is 2.50 bits per heavy atom. The standard InChI is InChI=1S/C22H20N4O3S/c1-14-12-25(13-23-14)19-9-4-15(11-20(19)29-3)10-18-21(27)26(22(30)24-18)16-5-7-17(28-2)8-6-16/h4-13H,1-3H3,(H,24,30). The molecule has 30 heavy (non-hydrogen) atoms. The Kier molecular flexibility index (Phi) is 5.24. The van der Waals surface area contributed by atoms with Crippen LogP contribution < -0.4 is 19.7 Å². The summed E-state index contributed by atoms with van der Waals surface area (Å²) >= 11 is 5.38. The molecule has 2 heterocycles. The van der Waals surface area contributed by atoms with Crippen LogP contribution in [0.1, 0.15) is 11.3 Å². The van der Waals surface area contributed by atoms with Gasteiger partial charge in [-0.3, -0.25) is 9.69 Å². The Hall–Kier alpha value is -3.65. The van der Waals surface area contributed by atoms with Crippen molar-refractivity contribution in [2.24, 2.45) is 0 Å². The maximum atomic E-state index is 13.0.